The Kier molecular flexibility index (Phi) is 11.8. The fraction of sp³-hybridized carbons (Fsp3) is 0.524. The smallest absolute Gasteiger partial charge is 0.305 e. The summed E-state index contributed by atoms with van der Waals surface area (Å²) in [4.78, 5) is 17.8. The summed E-state index contributed by atoms with van der Waals surface area (Å²) in [6, 6.07) is 10.6. The third-order valence-corrected chi connectivity index (χ3v) is 4.68. The second-order valence-corrected chi connectivity index (χ2v) is 6.51. The molecule has 0 aromatic heterocycles. The number of nitrogens with zero attached hydrogens (tertiary/aromatic N) is 2. The first kappa shape index (κ1) is 23.5. The van der Waals surface area contributed by atoms with Crippen LogP contribution in [0.15, 0.2) is 41.4 Å². The van der Waals surface area contributed by atoms with E-state index in [2.05, 4.69) is 56.4 Å². The Morgan fingerprint density at radius 2 is 1.93 bits per heavy atom. The molecule has 1 aliphatic heterocycles. The van der Waals surface area contributed by atoms with Crippen LogP contribution >= 0.6 is 24.0 Å². The number of rotatable bonds is 8. The minimum atomic E-state index is -0.114. The van der Waals surface area contributed by atoms with Gasteiger partial charge in [0.15, 0.2) is 5.96 Å². The number of hydrogen-bond donors (Lipinski definition) is 1. The Morgan fingerprint density at radius 3 is 2.56 bits per heavy atom. The van der Waals surface area contributed by atoms with Gasteiger partial charge in [-0.15, -0.1) is 24.0 Å². The van der Waals surface area contributed by atoms with Gasteiger partial charge in [-0.3, -0.25) is 9.79 Å². The lowest BCUT2D eigenvalue weighted by Gasteiger charge is -2.29. The molecule has 0 saturated carbocycles. The average molecular weight is 485 g/mol. The highest BCUT2D eigenvalue weighted by molar-refractivity contribution is 14.0. The Labute approximate surface area is 180 Å². The second kappa shape index (κ2) is 13.6. The van der Waals surface area contributed by atoms with Crippen molar-refractivity contribution in [3.63, 3.8) is 0 Å². The molecule has 0 amide bonds. The highest BCUT2D eigenvalue weighted by atomic mass is 127. The van der Waals surface area contributed by atoms with Crippen molar-refractivity contribution in [2.24, 2.45) is 4.99 Å². The van der Waals surface area contributed by atoms with Crippen molar-refractivity contribution >= 4 is 41.5 Å². The standard InChI is InChI=1S/C21H31N3O2.HI/c1-22-21(23-15-9-4-3-8-12-20(25)26-2)24-16-13-19(14-17-24)18-10-6-5-7-11-18;/h5-7,10-11,13H,3-4,8-9,12,14-17H2,1-2H3,(H,22,23);1H. The molecule has 150 valence electrons. The third-order valence-electron chi connectivity index (χ3n) is 4.68. The van der Waals surface area contributed by atoms with Crippen molar-refractivity contribution < 1.29 is 9.53 Å². The molecular weight excluding hydrogens is 453 g/mol. The van der Waals surface area contributed by atoms with Gasteiger partial charge in [0, 0.05) is 33.1 Å². The first-order chi connectivity index (χ1) is 12.7. The fourth-order valence-corrected chi connectivity index (χ4v) is 3.16. The van der Waals surface area contributed by atoms with Gasteiger partial charge in [-0.1, -0.05) is 49.2 Å². The molecule has 1 aromatic carbocycles. The zero-order chi connectivity index (χ0) is 18.6. The average Bonchev–Trinajstić information content (AvgIpc) is 2.71. The molecule has 0 radical (unpaired) electrons. The number of ether oxygens (including phenoxy) is 1. The summed E-state index contributed by atoms with van der Waals surface area (Å²) in [6.45, 7) is 2.79. The van der Waals surface area contributed by atoms with E-state index in [0.717, 1.165) is 57.7 Å². The van der Waals surface area contributed by atoms with Gasteiger partial charge in [-0.2, -0.15) is 0 Å². The maximum atomic E-state index is 11.1. The van der Waals surface area contributed by atoms with Crippen LogP contribution in [-0.2, 0) is 9.53 Å². The van der Waals surface area contributed by atoms with Crippen LogP contribution < -0.4 is 5.32 Å². The quantitative estimate of drug-likeness (QED) is 0.198. The molecule has 0 unspecified atom stereocenters. The van der Waals surface area contributed by atoms with Gasteiger partial charge in [0.05, 0.1) is 7.11 Å². The molecule has 1 heterocycles. The van der Waals surface area contributed by atoms with Crippen LogP contribution in [0.3, 0.4) is 0 Å². The van der Waals surface area contributed by atoms with E-state index < -0.39 is 0 Å². The number of halogens is 1. The summed E-state index contributed by atoms with van der Waals surface area (Å²) in [5, 5.41) is 3.46. The highest BCUT2D eigenvalue weighted by Crippen LogP contribution is 2.21. The number of methoxy groups -OCH3 is 1. The van der Waals surface area contributed by atoms with Gasteiger partial charge in [-0.05, 0) is 30.4 Å². The molecule has 2 rings (SSSR count). The summed E-state index contributed by atoms with van der Waals surface area (Å²) in [5.74, 6) is 0.861. The zero-order valence-electron chi connectivity index (χ0n) is 16.4. The SMILES string of the molecule is CN=C(NCCCCCCC(=O)OC)N1CC=C(c2ccccc2)CC1.I. The molecule has 0 saturated heterocycles. The van der Waals surface area contributed by atoms with Gasteiger partial charge in [0.2, 0.25) is 0 Å². The molecule has 0 aliphatic carbocycles. The fourth-order valence-electron chi connectivity index (χ4n) is 3.16. The first-order valence-corrected chi connectivity index (χ1v) is 9.51. The Bertz CT molecular complexity index is 617. The van der Waals surface area contributed by atoms with Gasteiger partial charge < -0.3 is 15.0 Å². The van der Waals surface area contributed by atoms with E-state index in [4.69, 9.17) is 0 Å². The van der Waals surface area contributed by atoms with Crippen molar-refractivity contribution in [2.45, 2.75) is 38.5 Å². The number of guanidine groups is 1. The topological polar surface area (TPSA) is 53.9 Å². The number of hydrogen-bond acceptors (Lipinski definition) is 3. The Balaban J connectivity index is 0.00000364. The molecular formula is C21H32IN3O2. The van der Waals surface area contributed by atoms with E-state index in [1.807, 2.05) is 7.05 Å². The van der Waals surface area contributed by atoms with Crippen LogP contribution in [0.2, 0.25) is 0 Å². The molecule has 1 aromatic rings. The lowest BCUT2D eigenvalue weighted by Crippen LogP contribution is -2.43. The van der Waals surface area contributed by atoms with Crippen LogP contribution in [0.5, 0.6) is 0 Å². The molecule has 0 spiro atoms. The first-order valence-electron chi connectivity index (χ1n) is 9.51. The van der Waals surface area contributed by atoms with Crippen LogP contribution in [-0.4, -0.2) is 50.6 Å². The molecule has 0 atom stereocenters. The zero-order valence-corrected chi connectivity index (χ0v) is 18.8. The van der Waals surface area contributed by atoms with Crippen LogP contribution in [0.1, 0.15) is 44.1 Å². The minimum absolute atomic E-state index is 0. The Morgan fingerprint density at radius 1 is 1.19 bits per heavy atom. The van der Waals surface area contributed by atoms with Crippen molar-refractivity contribution in [3.05, 3.63) is 42.0 Å². The van der Waals surface area contributed by atoms with Crippen LogP contribution in [0, 0.1) is 0 Å². The number of aliphatic imine (C=N–C) groups is 1. The van der Waals surface area contributed by atoms with Crippen LogP contribution in [0.25, 0.3) is 5.57 Å². The van der Waals surface area contributed by atoms with Crippen molar-refractivity contribution in [1.82, 2.24) is 10.2 Å². The number of carbonyl (C=O) groups is 1. The number of esters is 1. The summed E-state index contributed by atoms with van der Waals surface area (Å²) in [5.41, 5.74) is 2.74. The van der Waals surface area contributed by atoms with Crippen molar-refractivity contribution in [2.75, 3.05) is 33.8 Å². The molecule has 0 bridgehead atoms. The van der Waals surface area contributed by atoms with E-state index >= 15 is 0 Å². The van der Waals surface area contributed by atoms with Gasteiger partial charge >= 0.3 is 5.97 Å². The maximum Gasteiger partial charge on any atom is 0.305 e. The Hall–Kier alpha value is -1.57. The lowest BCUT2D eigenvalue weighted by atomic mass is 10.00. The van der Waals surface area contributed by atoms with Crippen molar-refractivity contribution in [3.8, 4) is 0 Å². The number of unbranched alkanes of at least 4 members (excludes halogenated alkanes) is 3. The summed E-state index contributed by atoms with van der Waals surface area (Å²) < 4.78 is 4.65. The normalized spacial score (nSPS) is 14.2. The maximum absolute atomic E-state index is 11.1. The molecule has 1 N–H and O–H groups in total. The molecule has 6 heteroatoms. The third kappa shape index (κ3) is 8.32. The van der Waals surface area contributed by atoms with Gasteiger partial charge in [0.1, 0.15) is 0 Å². The summed E-state index contributed by atoms with van der Waals surface area (Å²) in [7, 11) is 3.28. The molecule has 0 fully saturated rings. The van der Waals surface area contributed by atoms with Crippen LogP contribution in [0.4, 0.5) is 0 Å². The molecule has 1 aliphatic rings. The number of carbonyl (C=O) groups excluding carboxylic acids is 1. The monoisotopic (exact) mass is 485 g/mol. The van der Waals surface area contributed by atoms with E-state index in [0.29, 0.717) is 6.42 Å². The van der Waals surface area contributed by atoms with E-state index in [9.17, 15) is 4.79 Å². The summed E-state index contributed by atoms with van der Waals surface area (Å²) in [6.07, 6.45) is 8.02. The lowest BCUT2D eigenvalue weighted by molar-refractivity contribution is -0.140. The van der Waals surface area contributed by atoms with Gasteiger partial charge in [-0.25, -0.2) is 0 Å². The van der Waals surface area contributed by atoms with Crippen molar-refractivity contribution in [1.29, 1.82) is 0 Å². The number of nitrogens with one attached hydrogen (secondary N) is 1. The molecule has 5 nitrogen and oxygen atoms in total. The van der Waals surface area contributed by atoms with E-state index in [1.165, 1.54) is 18.2 Å². The summed E-state index contributed by atoms with van der Waals surface area (Å²) >= 11 is 0. The predicted octanol–water partition coefficient (Wildman–Crippen LogP) is 4.09. The highest BCUT2D eigenvalue weighted by Gasteiger charge is 2.15. The minimum Gasteiger partial charge on any atom is -0.469 e. The van der Waals surface area contributed by atoms with E-state index in [1.54, 1.807) is 0 Å². The second-order valence-electron chi connectivity index (χ2n) is 6.51. The molecule has 27 heavy (non-hydrogen) atoms. The van der Waals surface area contributed by atoms with E-state index in [-0.39, 0.29) is 29.9 Å². The largest absolute Gasteiger partial charge is 0.469 e. The van der Waals surface area contributed by atoms with Gasteiger partial charge in [0.25, 0.3) is 0 Å². The predicted molar refractivity (Wildman–Crippen MR) is 122 cm³/mol. The number of benzene rings is 1.